The minimum absolute atomic E-state index is 0. The van der Waals surface area contributed by atoms with Gasteiger partial charge in [-0.15, -0.1) is 23.7 Å². The highest BCUT2D eigenvalue weighted by atomic mass is 35.5. The van der Waals surface area contributed by atoms with Gasteiger partial charge in [0.1, 0.15) is 5.01 Å². The molecule has 0 bridgehead atoms. The summed E-state index contributed by atoms with van der Waals surface area (Å²) in [5, 5.41) is 6.14. The summed E-state index contributed by atoms with van der Waals surface area (Å²) in [6.45, 7) is 5.76. The zero-order valence-electron chi connectivity index (χ0n) is 14.4. The Kier molecular flexibility index (Phi) is 6.99. The average molecular weight is 402 g/mol. The number of benzene rings is 1. The number of hydrogen-bond acceptors (Lipinski definition) is 5. The Morgan fingerprint density at radius 2 is 2.20 bits per heavy atom. The van der Waals surface area contributed by atoms with E-state index in [1.54, 1.807) is 18.2 Å². The lowest BCUT2D eigenvalue weighted by molar-refractivity contribution is 0.320. The van der Waals surface area contributed by atoms with Gasteiger partial charge in [0.05, 0.1) is 4.90 Å². The molecule has 138 valence electrons. The summed E-state index contributed by atoms with van der Waals surface area (Å²) in [7, 11) is -3.53. The van der Waals surface area contributed by atoms with Gasteiger partial charge in [0.2, 0.25) is 10.0 Å². The van der Waals surface area contributed by atoms with Crippen molar-refractivity contribution in [2.75, 3.05) is 13.1 Å². The first-order valence-corrected chi connectivity index (χ1v) is 10.6. The first-order valence-electron chi connectivity index (χ1n) is 8.21. The molecule has 1 saturated heterocycles. The third-order valence-corrected chi connectivity index (χ3v) is 6.96. The second-order valence-corrected chi connectivity index (χ2v) is 8.91. The molecule has 1 aromatic heterocycles. The predicted octanol–water partition coefficient (Wildman–Crippen LogP) is 3.21. The van der Waals surface area contributed by atoms with Gasteiger partial charge in [-0.25, -0.2) is 18.1 Å². The molecule has 0 aliphatic carbocycles. The Labute approximate surface area is 159 Å². The fourth-order valence-corrected chi connectivity index (χ4v) is 5.15. The van der Waals surface area contributed by atoms with Gasteiger partial charge in [0.15, 0.2) is 0 Å². The van der Waals surface area contributed by atoms with Gasteiger partial charge >= 0.3 is 0 Å². The van der Waals surface area contributed by atoms with Crippen LogP contribution in [0, 0.1) is 12.8 Å². The Hall–Kier alpha value is -0.990. The minimum Gasteiger partial charge on any atom is -0.316 e. The Bertz CT molecular complexity index is 802. The Balaban J connectivity index is 0.00000225. The zero-order chi connectivity index (χ0) is 17.2. The van der Waals surface area contributed by atoms with Gasteiger partial charge in [0.25, 0.3) is 0 Å². The van der Waals surface area contributed by atoms with Crippen LogP contribution in [0.25, 0.3) is 10.6 Å². The van der Waals surface area contributed by atoms with Crippen molar-refractivity contribution < 1.29 is 8.42 Å². The van der Waals surface area contributed by atoms with Crippen molar-refractivity contribution >= 4 is 33.8 Å². The van der Waals surface area contributed by atoms with E-state index in [-0.39, 0.29) is 18.4 Å². The maximum Gasteiger partial charge on any atom is 0.240 e. The van der Waals surface area contributed by atoms with E-state index in [4.69, 9.17) is 0 Å². The molecule has 1 fully saturated rings. The monoisotopic (exact) mass is 401 g/mol. The van der Waals surface area contributed by atoms with Crippen LogP contribution >= 0.6 is 23.7 Å². The average Bonchev–Trinajstić information content (AvgIpc) is 3.02. The third kappa shape index (κ3) is 5.01. The summed E-state index contributed by atoms with van der Waals surface area (Å²) in [5.41, 5.74) is 1.78. The largest absolute Gasteiger partial charge is 0.316 e. The summed E-state index contributed by atoms with van der Waals surface area (Å²) >= 11 is 1.52. The summed E-state index contributed by atoms with van der Waals surface area (Å²) in [6, 6.07) is 6.91. The molecule has 5 nitrogen and oxygen atoms in total. The molecule has 2 aromatic rings. The van der Waals surface area contributed by atoms with E-state index in [1.165, 1.54) is 11.3 Å². The van der Waals surface area contributed by atoms with Gasteiger partial charge in [0, 0.05) is 22.7 Å². The second kappa shape index (κ2) is 8.60. The summed E-state index contributed by atoms with van der Waals surface area (Å²) in [5.74, 6) is 0.332. The topological polar surface area (TPSA) is 71.1 Å². The number of halogens is 1. The number of nitrogens with one attached hydrogen (secondary N) is 2. The summed E-state index contributed by atoms with van der Waals surface area (Å²) in [6.07, 6.45) is 2.14. The Morgan fingerprint density at radius 1 is 1.40 bits per heavy atom. The smallest absolute Gasteiger partial charge is 0.240 e. The lowest BCUT2D eigenvalue weighted by Gasteiger charge is -2.28. The van der Waals surface area contributed by atoms with Gasteiger partial charge in [-0.1, -0.05) is 12.1 Å². The standard InChI is InChI=1S/C17H23N3O2S2.ClH/c1-12-11-23-17(19-12)14-5-3-7-16(9-14)24(21,22)20-13(2)15-6-4-8-18-10-15;/h3,5,7,9,11,13,15,18,20H,4,6,8,10H2,1-2H3;1H. The van der Waals surface area contributed by atoms with Crippen molar-refractivity contribution in [3.8, 4) is 10.6 Å². The Morgan fingerprint density at radius 3 is 2.84 bits per heavy atom. The van der Waals surface area contributed by atoms with Crippen LogP contribution in [0.15, 0.2) is 34.5 Å². The van der Waals surface area contributed by atoms with Crippen LogP contribution in [0.1, 0.15) is 25.5 Å². The quantitative estimate of drug-likeness (QED) is 0.806. The van der Waals surface area contributed by atoms with Gasteiger partial charge in [-0.3, -0.25) is 0 Å². The molecule has 8 heteroatoms. The molecule has 2 unspecified atom stereocenters. The second-order valence-electron chi connectivity index (χ2n) is 6.34. The van der Waals surface area contributed by atoms with Crippen molar-refractivity contribution in [3.05, 3.63) is 35.3 Å². The van der Waals surface area contributed by atoms with Crippen molar-refractivity contribution in [2.45, 2.75) is 37.6 Å². The molecule has 2 heterocycles. The number of aromatic nitrogens is 1. The fraction of sp³-hybridized carbons (Fsp3) is 0.471. The highest BCUT2D eigenvalue weighted by molar-refractivity contribution is 7.89. The molecular weight excluding hydrogens is 378 g/mol. The molecule has 25 heavy (non-hydrogen) atoms. The van der Waals surface area contributed by atoms with Crippen molar-refractivity contribution in [3.63, 3.8) is 0 Å². The van der Waals surface area contributed by atoms with Crippen LogP contribution in [0.5, 0.6) is 0 Å². The normalized spacial score (nSPS) is 19.2. The minimum atomic E-state index is -3.53. The molecule has 0 amide bonds. The van der Waals surface area contributed by atoms with Crippen LogP contribution < -0.4 is 10.0 Å². The van der Waals surface area contributed by atoms with Gasteiger partial charge in [-0.2, -0.15) is 0 Å². The van der Waals surface area contributed by atoms with Crippen molar-refractivity contribution in [2.24, 2.45) is 5.92 Å². The van der Waals surface area contributed by atoms with Crippen LogP contribution in [0.2, 0.25) is 0 Å². The number of thiazole rings is 1. The van der Waals surface area contributed by atoms with Crippen LogP contribution in [-0.4, -0.2) is 32.5 Å². The molecule has 1 aromatic carbocycles. The van der Waals surface area contributed by atoms with E-state index < -0.39 is 10.0 Å². The molecule has 0 spiro atoms. The lowest BCUT2D eigenvalue weighted by Crippen LogP contribution is -2.44. The maximum atomic E-state index is 12.7. The lowest BCUT2D eigenvalue weighted by atomic mass is 9.94. The highest BCUT2D eigenvalue weighted by Gasteiger charge is 2.25. The van der Waals surface area contributed by atoms with Gasteiger partial charge < -0.3 is 5.32 Å². The highest BCUT2D eigenvalue weighted by Crippen LogP contribution is 2.26. The number of nitrogens with zero attached hydrogens (tertiary/aromatic N) is 1. The van der Waals surface area contributed by atoms with Gasteiger partial charge in [-0.05, 0) is 57.8 Å². The molecule has 1 aliphatic heterocycles. The van der Waals surface area contributed by atoms with Crippen LogP contribution in [0.4, 0.5) is 0 Å². The molecule has 0 radical (unpaired) electrons. The number of sulfonamides is 1. The number of aryl methyl sites for hydroxylation is 1. The molecule has 3 rings (SSSR count). The molecule has 0 saturated carbocycles. The van der Waals surface area contributed by atoms with E-state index in [0.717, 1.165) is 42.2 Å². The van der Waals surface area contributed by atoms with Crippen LogP contribution in [0.3, 0.4) is 0 Å². The van der Waals surface area contributed by atoms with Crippen LogP contribution in [-0.2, 0) is 10.0 Å². The predicted molar refractivity (Wildman–Crippen MR) is 105 cm³/mol. The van der Waals surface area contributed by atoms with E-state index in [1.807, 2.05) is 25.3 Å². The van der Waals surface area contributed by atoms with E-state index in [2.05, 4.69) is 15.0 Å². The first-order chi connectivity index (χ1) is 11.5. The van der Waals surface area contributed by atoms with E-state index >= 15 is 0 Å². The summed E-state index contributed by atoms with van der Waals surface area (Å²) in [4.78, 5) is 4.73. The van der Waals surface area contributed by atoms with Crippen molar-refractivity contribution in [1.82, 2.24) is 15.0 Å². The molecule has 1 aliphatic rings. The maximum absolute atomic E-state index is 12.7. The summed E-state index contributed by atoms with van der Waals surface area (Å²) < 4.78 is 28.3. The SMILES string of the molecule is Cc1csc(-c2cccc(S(=O)(=O)NC(C)C3CCCNC3)c2)n1.Cl. The molecular formula is C17H24ClN3O2S2. The molecule has 2 atom stereocenters. The van der Waals surface area contributed by atoms with Crippen molar-refractivity contribution in [1.29, 1.82) is 0 Å². The number of piperidine rings is 1. The van der Waals surface area contributed by atoms with E-state index in [9.17, 15) is 8.42 Å². The fourth-order valence-electron chi connectivity index (χ4n) is 3.00. The molecule has 2 N–H and O–H groups in total. The number of rotatable bonds is 5. The first kappa shape index (κ1) is 20.3. The van der Waals surface area contributed by atoms with E-state index in [0.29, 0.717) is 10.8 Å². The zero-order valence-corrected chi connectivity index (χ0v) is 16.8. The third-order valence-electron chi connectivity index (χ3n) is 4.39. The number of hydrogen-bond donors (Lipinski definition) is 2.